The quantitative estimate of drug-likeness (QED) is 0.146. The Morgan fingerprint density at radius 1 is 0.930 bits per heavy atom. The van der Waals surface area contributed by atoms with Gasteiger partial charge in [-0.15, -0.1) is 0 Å². The van der Waals surface area contributed by atoms with Crippen LogP contribution < -0.4 is 43.4 Å². The van der Waals surface area contributed by atoms with Crippen LogP contribution in [0.2, 0.25) is 0 Å². The van der Waals surface area contributed by atoms with Crippen molar-refractivity contribution in [2.75, 3.05) is 46.6 Å². The summed E-state index contributed by atoms with van der Waals surface area (Å²) >= 11 is 0. The minimum Gasteiger partial charge on any atom is -0.502 e. The van der Waals surface area contributed by atoms with Gasteiger partial charge >= 0.3 is 5.69 Å². The summed E-state index contributed by atoms with van der Waals surface area (Å²) in [6.07, 6.45) is 1.41. The number of rotatable bonds is 7. The number of amides is 1. The highest BCUT2D eigenvalue weighted by Crippen LogP contribution is 2.31. The molecule has 3 heterocycles. The van der Waals surface area contributed by atoms with Crippen LogP contribution in [0, 0.1) is 17.0 Å². The summed E-state index contributed by atoms with van der Waals surface area (Å²) in [5.74, 6) is -0.231. The molecule has 1 amide bonds. The molecule has 16 nitrogen and oxygen atoms in total. The highest BCUT2D eigenvalue weighted by molar-refractivity contribution is 6.07. The van der Waals surface area contributed by atoms with Gasteiger partial charge in [0.15, 0.2) is 0 Å². The Bertz CT molecular complexity index is 1460. The number of phenols is 1. The Morgan fingerprint density at radius 2 is 1.49 bits per heavy atom. The fraction of sp³-hybridized carbons (Fsp3) is 0.407. The van der Waals surface area contributed by atoms with E-state index in [0.717, 1.165) is 6.07 Å². The van der Waals surface area contributed by atoms with E-state index in [0.29, 0.717) is 67.9 Å². The number of carbonyl (C=O) groups excluding carboxylic acids is 1. The maximum absolute atomic E-state index is 12.8. The number of carbonyl (C=O) groups is 1. The van der Waals surface area contributed by atoms with Crippen LogP contribution >= 0.6 is 0 Å². The third-order valence-electron chi connectivity index (χ3n) is 7.39. The van der Waals surface area contributed by atoms with Gasteiger partial charge in [0, 0.05) is 67.8 Å². The van der Waals surface area contributed by atoms with Gasteiger partial charge in [-0.25, -0.2) is 0 Å². The first-order valence-electron chi connectivity index (χ1n) is 13.9. The average Bonchev–Trinajstić information content (AvgIpc) is 2.93. The zero-order chi connectivity index (χ0) is 30.8. The molecule has 43 heavy (non-hydrogen) atoms. The van der Waals surface area contributed by atoms with E-state index in [4.69, 9.17) is 27.9 Å². The number of aromatic hydroxyl groups is 1. The standard InChI is InChI=1S/C27H36N12O4/c1-14-7-19(5-6-21(14)33-24(41)20-3-2-4-22(23(20)40)39(42)43)32-25-34-26(37-10-15(28)8-16(29)11-37)36-27(35-25)38-12-17(30)9-18(31)13-38/h2-7,15-18,40H,8-13,28-31H2,1H3,(H,33,41)(H,32,34,35,36)/t15-,16+,17-,18+. The van der Waals surface area contributed by atoms with E-state index in [-0.39, 0.29) is 35.7 Å². The first kappa shape index (κ1) is 29.8. The Hall–Kier alpha value is -4.64. The smallest absolute Gasteiger partial charge is 0.311 e. The molecule has 2 saturated heterocycles. The lowest BCUT2D eigenvalue weighted by molar-refractivity contribution is -0.385. The molecule has 0 bridgehead atoms. The lowest BCUT2D eigenvalue weighted by Gasteiger charge is -2.37. The molecule has 0 aliphatic carbocycles. The van der Waals surface area contributed by atoms with Gasteiger partial charge in [-0.1, -0.05) is 6.07 Å². The number of para-hydroxylation sites is 1. The van der Waals surface area contributed by atoms with E-state index >= 15 is 0 Å². The zero-order valence-corrected chi connectivity index (χ0v) is 23.7. The number of nitrogens with zero attached hydrogens (tertiary/aromatic N) is 6. The fourth-order valence-electron chi connectivity index (χ4n) is 5.44. The molecule has 11 N–H and O–H groups in total. The number of nitro benzene ring substituents is 1. The molecule has 0 unspecified atom stereocenters. The van der Waals surface area contributed by atoms with Crippen molar-refractivity contribution in [3.63, 3.8) is 0 Å². The van der Waals surface area contributed by atoms with Gasteiger partial charge in [-0.3, -0.25) is 14.9 Å². The number of benzene rings is 2. The maximum Gasteiger partial charge on any atom is 0.311 e. The van der Waals surface area contributed by atoms with Crippen molar-refractivity contribution in [3.8, 4) is 5.75 Å². The zero-order valence-electron chi connectivity index (χ0n) is 23.7. The molecule has 2 fully saturated rings. The Labute approximate surface area is 247 Å². The van der Waals surface area contributed by atoms with Gasteiger partial charge in [0.1, 0.15) is 0 Å². The molecular weight excluding hydrogens is 556 g/mol. The lowest BCUT2D eigenvalue weighted by atomic mass is 10.0. The summed E-state index contributed by atoms with van der Waals surface area (Å²) < 4.78 is 0. The second-order valence-corrected chi connectivity index (χ2v) is 11.1. The van der Waals surface area contributed by atoms with Crippen LogP contribution in [0.3, 0.4) is 0 Å². The largest absolute Gasteiger partial charge is 0.502 e. The number of hydrogen-bond acceptors (Lipinski definition) is 14. The molecule has 0 saturated carbocycles. The summed E-state index contributed by atoms with van der Waals surface area (Å²) in [6, 6.07) is 8.46. The molecule has 0 radical (unpaired) electrons. The van der Waals surface area contributed by atoms with Crippen LogP contribution in [0.5, 0.6) is 5.75 Å². The average molecular weight is 593 g/mol. The van der Waals surface area contributed by atoms with E-state index < -0.39 is 22.3 Å². The third kappa shape index (κ3) is 6.89. The highest BCUT2D eigenvalue weighted by Gasteiger charge is 2.29. The molecule has 228 valence electrons. The van der Waals surface area contributed by atoms with Gasteiger partial charge < -0.3 is 48.5 Å². The SMILES string of the molecule is Cc1cc(Nc2nc(N3C[C@H](N)C[C@H](N)C3)nc(N3C[C@H](N)C[C@H](N)C3)n2)ccc1NC(=O)c1cccc([N+](=O)[O-])c1O. The summed E-state index contributed by atoms with van der Waals surface area (Å²) in [5.41, 5.74) is 25.9. The van der Waals surface area contributed by atoms with E-state index in [1.165, 1.54) is 12.1 Å². The van der Waals surface area contributed by atoms with Crippen LogP contribution in [0.15, 0.2) is 36.4 Å². The van der Waals surface area contributed by atoms with Crippen LogP contribution in [0.25, 0.3) is 0 Å². The van der Waals surface area contributed by atoms with E-state index in [1.807, 2.05) is 9.80 Å². The molecule has 4 atom stereocenters. The number of aromatic nitrogens is 3. The maximum atomic E-state index is 12.8. The number of anilines is 5. The molecule has 5 rings (SSSR count). The minimum atomic E-state index is -0.752. The second kappa shape index (κ2) is 12.3. The first-order valence-corrected chi connectivity index (χ1v) is 13.9. The summed E-state index contributed by atoms with van der Waals surface area (Å²) in [6.45, 7) is 3.96. The number of nitro groups is 1. The molecule has 16 heteroatoms. The summed E-state index contributed by atoms with van der Waals surface area (Å²) in [5, 5.41) is 27.3. The molecule has 3 aromatic rings. The Kier molecular flexibility index (Phi) is 8.54. The summed E-state index contributed by atoms with van der Waals surface area (Å²) in [4.78, 5) is 41.2. The third-order valence-corrected chi connectivity index (χ3v) is 7.39. The Morgan fingerprint density at radius 3 is 2.00 bits per heavy atom. The summed E-state index contributed by atoms with van der Waals surface area (Å²) in [7, 11) is 0. The Balaban J connectivity index is 1.39. The topological polar surface area (TPSA) is 254 Å². The van der Waals surface area contributed by atoms with Gasteiger partial charge in [0.05, 0.1) is 10.5 Å². The van der Waals surface area contributed by atoms with Gasteiger partial charge in [-0.2, -0.15) is 15.0 Å². The molecule has 0 spiro atoms. The van der Waals surface area contributed by atoms with E-state index in [1.54, 1.807) is 25.1 Å². The molecule has 1 aromatic heterocycles. The predicted octanol–water partition coefficient (Wildman–Crippen LogP) is 0.519. The number of phenolic OH excluding ortho intramolecular Hbond substituents is 1. The van der Waals surface area contributed by atoms with Gasteiger partial charge in [0.25, 0.3) is 5.91 Å². The van der Waals surface area contributed by atoms with Crippen molar-refractivity contribution in [2.45, 2.75) is 43.9 Å². The van der Waals surface area contributed by atoms with Crippen molar-refractivity contribution in [3.05, 3.63) is 57.6 Å². The van der Waals surface area contributed by atoms with Crippen molar-refractivity contribution in [2.24, 2.45) is 22.9 Å². The molecule has 2 aliphatic rings. The number of piperidine rings is 2. The van der Waals surface area contributed by atoms with Crippen LogP contribution in [0.1, 0.15) is 28.8 Å². The molecule has 2 aliphatic heterocycles. The normalized spacial score (nSPS) is 22.3. The van der Waals surface area contributed by atoms with Gasteiger partial charge in [0.2, 0.25) is 23.6 Å². The predicted molar refractivity (Wildman–Crippen MR) is 163 cm³/mol. The molecular formula is C27H36N12O4. The lowest BCUT2D eigenvalue weighted by Crippen LogP contribution is -2.54. The van der Waals surface area contributed by atoms with Gasteiger partial charge in [-0.05, 0) is 49.6 Å². The van der Waals surface area contributed by atoms with Crippen molar-refractivity contribution in [1.82, 2.24) is 15.0 Å². The second-order valence-electron chi connectivity index (χ2n) is 11.1. The monoisotopic (exact) mass is 592 g/mol. The van der Waals surface area contributed by atoms with Crippen molar-refractivity contribution >= 4 is 40.8 Å². The first-order chi connectivity index (χ1) is 20.5. The van der Waals surface area contributed by atoms with Crippen molar-refractivity contribution in [1.29, 1.82) is 0 Å². The van der Waals surface area contributed by atoms with Crippen LogP contribution in [-0.2, 0) is 0 Å². The number of nitrogens with two attached hydrogens (primary N) is 4. The highest BCUT2D eigenvalue weighted by atomic mass is 16.6. The molecule has 2 aromatic carbocycles. The van der Waals surface area contributed by atoms with E-state index in [2.05, 4.69) is 20.6 Å². The number of hydrogen-bond donors (Lipinski definition) is 7. The fourth-order valence-corrected chi connectivity index (χ4v) is 5.44. The van der Waals surface area contributed by atoms with E-state index in [9.17, 15) is 20.0 Å². The number of aryl methyl sites for hydroxylation is 1. The number of nitrogens with one attached hydrogen (secondary N) is 2. The van der Waals surface area contributed by atoms with Crippen molar-refractivity contribution < 1.29 is 14.8 Å². The van der Waals surface area contributed by atoms with Crippen LogP contribution in [-0.4, -0.2) is 81.2 Å². The minimum absolute atomic E-state index is 0.119. The van der Waals surface area contributed by atoms with Crippen LogP contribution in [0.4, 0.5) is 34.9 Å².